The molecule has 0 amide bonds. The number of oxazole rings is 1. The molecule has 146 valence electrons. The highest BCUT2D eigenvalue weighted by molar-refractivity contribution is 7.94. The van der Waals surface area contributed by atoms with Crippen LogP contribution in [-0.4, -0.2) is 27.6 Å². The molecule has 1 aliphatic carbocycles. The van der Waals surface area contributed by atoms with Gasteiger partial charge in [-0.2, -0.15) is 4.98 Å². The van der Waals surface area contributed by atoms with Crippen molar-refractivity contribution in [3.05, 3.63) is 60.2 Å². The number of rotatable bonds is 6. The van der Waals surface area contributed by atoms with Gasteiger partial charge in [0, 0.05) is 5.56 Å². The molecule has 1 aliphatic rings. The van der Waals surface area contributed by atoms with Crippen LogP contribution in [0.3, 0.4) is 0 Å². The largest absolute Gasteiger partial charge is 0.423 e. The lowest BCUT2D eigenvalue weighted by Gasteiger charge is -2.05. The van der Waals surface area contributed by atoms with E-state index < -0.39 is 29.8 Å². The molecule has 1 saturated carbocycles. The zero-order valence-corrected chi connectivity index (χ0v) is 16.8. The van der Waals surface area contributed by atoms with Gasteiger partial charge in [0.25, 0.3) is 5.09 Å². The summed E-state index contributed by atoms with van der Waals surface area (Å²) in [5.41, 5.74) is 1.40. The van der Waals surface area contributed by atoms with Gasteiger partial charge in [-0.25, -0.2) is 16.8 Å². The normalized spacial score (nSPS) is 14.9. The lowest BCUT2D eigenvalue weighted by atomic mass is 10.2. The lowest BCUT2D eigenvalue weighted by molar-refractivity contribution is 0.444. The van der Waals surface area contributed by atoms with Gasteiger partial charge in [-0.1, -0.05) is 35.9 Å². The van der Waals surface area contributed by atoms with Crippen LogP contribution in [0.25, 0.3) is 11.5 Å². The molecule has 1 fully saturated rings. The zero-order chi connectivity index (χ0) is 19.9. The summed E-state index contributed by atoms with van der Waals surface area (Å²) < 4.78 is 57.7. The van der Waals surface area contributed by atoms with Gasteiger partial charge in [0.1, 0.15) is 0 Å². The Labute approximate surface area is 164 Å². The van der Waals surface area contributed by atoms with E-state index in [1.807, 2.05) is 6.92 Å². The number of hydrogen-bond acceptors (Lipinski definition) is 6. The van der Waals surface area contributed by atoms with Crippen LogP contribution in [0, 0.1) is 12.8 Å². The summed E-state index contributed by atoms with van der Waals surface area (Å²) in [6.07, 6.45) is 1.64. The summed E-state index contributed by atoms with van der Waals surface area (Å²) in [4.78, 5) is 4.09. The van der Waals surface area contributed by atoms with Crippen molar-refractivity contribution in [1.82, 2.24) is 4.98 Å². The van der Waals surface area contributed by atoms with Gasteiger partial charge in [0.2, 0.25) is 30.6 Å². The van der Waals surface area contributed by atoms with Crippen LogP contribution in [0.4, 0.5) is 0 Å². The molecule has 1 heterocycles. The molecule has 0 atom stereocenters. The lowest BCUT2D eigenvalue weighted by Crippen LogP contribution is -2.13. The van der Waals surface area contributed by atoms with Gasteiger partial charge in [-0.3, -0.25) is 0 Å². The second-order valence-electron chi connectivity index (χ2n) is 7.02. The third-order valence-corrected chi connectivity index (χ3v) is 8.17. The first-order valence-electron chi connectivity index (χ1n) is 8.88. The fourth-order valence-corrected chi connectivity index (χ4v) is 6.38. The molecule has 3 aromatic rings. The Kier molecular flexibility index (Phi) is 4.63. The van der Waals surface area contributed by atoms with Gasteiger partial charge in [0.05, 0.1) is 10.6 Å². The van der Waals surface area contributed by atoms with Crippen LogP contribution in [-0.2, 0) is 19.7 Å². The van der Waals surface area contributed by atoms with Gasteiger partial charge in [-0.05, 0) is 49.9 Å². The summed E-state index contributed by atoms with van der Waals surface area (Å²) in [7, 11) is -8.08. The number of nitrogens with zero attached hydrogens (tertiary/aromatic N) is 1. The predicted molar refractivity (Wildman–Crippen MR) is 103 cm³/mol. The van der Waals surface area contributed by atoms with E-state index in [9.17, 15) is 16.8 Å². The molecule has 2 aromatic carbocycles. The van der Waals surface area contributed by atoms with Crippen molar-refractivity contribution in [2.24, 2.45) is 5.92 Å². The molecule has 0 spiro atoms. The smallest absolute Gasteiger partial charge is 0.258 e. The molecule has 4 rings (SSSR count). The quantitative estimate of drug-likeness (QED) is 0.607. The van der Waals surface area contributed by atoms with Crippen molar-refractivity contribution in [2.75, 3.05) is 5.75 Å². The molecule has 0 saturated heterocycles. The molecule has 0 N–H and O–H groups in total. The van der Waals surface area contributed by atoms with Gasteiger partial charge >= 0.3 is 0 Å². The number of hydrogen-bond donors (Lipinski definition) is 0. The van der Waals surface area contributed by atoms with Crippen LogP contribution in [0.15, 0.2) is 74.0 Å². The maximum Gasteiger partial charge on any atom is 0.258 e. The number of benzene rings is 2. The topological polar surface area (TPSA) is 94.3 Å². The first-order chi connectivity index (χ1) is 13.3. The second-order valence-corrected chi connectivity index (χ2v) is 10.8. The molecule has 0 unspecified atom stereocenters. The van der Waals surface area contributed by atoms with Crippen molar-refractivity contribution < 1.29 is 21.3 Å². The summed E-state index contributed by atoms with van der Waals surface area (Å²) in [5.74, 6) is -0.113. The van der Waals surface area contributed by atoms with E-state index >= 15 is 0 Å². The second kappa shape index (κ2) is 6.86. The summed E-state index contributed by atoms with van der Waals surface area (Å²) >= 11 is 0. The minimum Gasteiger partial charge on any atom is -0.423 e. The van der Waals surface area contributed by atoms with E-state index in [-0.39, 0.29) is 22.5 Å². The highest BCUT2D eigenvalue weighted by Gasteiger charge is 2.38. The van der Waals surface area contributed by atoms with Crippen molar-refractivity contribution >= 4 is 19.7 Å². The molecular weight excluding hydrogens is 398 g/mol. The van der Waals surface area contributed by atoms with Gasteiger partial charge in [0.15, 0.2) is 0 Å². The van der Waals surface area contributed by atoms with Crippen molar-refractivity contribution in [3.63, 3.8) is 0 Å². The van der Waals surface area contributed by atoms with E-state index in [1.165, 1.54) is 12.1 Å². The SMILES string of the molecule is Cc1ccc(S(=O)(=O)c2nc(-c3ccccc3)oc2S(=O)(=O)CC2CC2)cc1. The maximum atomic E-state index is 13.2. The average molecular weight is 418 g/mol. The minimum absolute atomic E-state index is 0.0196. The Balaban J connectivity index is 1.89. The Bertz CT molecular complexity index is 1210. The highest BCUT2D eigenvalue weighted by atomic mass is 32.2. The maximum absolute atomic E-state index is 13.2. The summed E-state index contributed by atoms with van der Waals surface area (Å²) in [6.45, 7) is 1.84. The Morgan fingerprint density at radius 3 is 2.21 bits per heavy atom. The monoisotopic (exact) mass is 417 g/mol. The zero-order valence-electron chi connectivity index (χ0n) is 15.2. The van der Waals surface area contributed by atoms with Crippen LogP contribution in [0.1, 0.15) is 18.4 Å². The van der Waals surface area contributed by atoms with E-state index in [1.54, 1.807) is 42.5 Å². The van der Waals surface area contributed by atoms with Crippen molar-refractivity contribution in [3.8, 4) is 11.5 Å². The minimum atomic E-state index is -4.16. The Hall–Kier alpha value is -2.45. The molecule has 6 nitrogen and oxygen atoms in total. The Morgan fingerprint density at radius 2 is 1.61 bits per heavy atom. The summed E-state index contributed by atoms with van der Waals surface area (Å²) in [5, 5.41) is -1.12. The standard InChI is InChI=1S/C20H19NO5S2/c1-14-7-11-17(12-8-14)28(24,25)19-20(27(22,23)13-15-9-10-15)26-18(21-19)16-5-3-2-4-6-16/h2-8,11-12,15H,9-10,13H2,1H3. The van der Waals surface area contributed by atoms with E-state index in [4.69, 9.17) is 4.42 Å². The molecule has 1 aromatic heterocycles. The van der Waals surface area contributed by atoms with E-state index in [0.717, 1.165) is 18.4 Å². The molecule has 8 heteroatoms. The summed E-state index contributed by atoms with van der Waals surface area (Å²) in [6, 6.07) is 14.8. The first kappa shape index (κ1) is 18.9. The van der Waals surface area contributed by atoms with E-state index in [0.29, 0.717) is 5.56 Å². The third kappa shape index (κ3) is 3.62. The van der Waals surface area contributed by atoms with Gasteiger partial charge < -0.3 is 4.42 Å². The predicted octanol–water partition coefficient (Wildman–Crippen LogP) is 3.67. The molecule has 0 aliphatic heterocycles. The van der Waals surface area contributed by atoms with Gasteiger partial charge in [-0.15, -0.1) is 0 Å². The fourth-order valence-electron chi connectivity index (χ4n) is 2.86. The van der Waals surface area contributed by atoms with Crippen LogP contribution < -0.4 is 0 Å². The molecule has 0 radical (unpaired) electrons. The number of aromatic nitrogens is 1. The fraction of sp³-hybridized carbons (Fsp3) is 0.250. The number of sulfone groups is 2. The average Bonchev–Trinajstić information content (AvgIpc) is 3.34. The highest BCUT2D eigenvalue weighted by Crippen LogP contribution is 2.36. The van der Waals surface area contributed by atoms with E-state index in [2.05, 4.69) is 4.98 Å². The van der Waals surface area contributed by atoms with Crippen LogP contribution in [0.2, 0.25) is 0 Å². The van der Waals surface area contributed by atoms with Crippen LogP contribution in [0.5, 0.6) is 0 Å². The van der Waals surface area contributed by atoms with Crippen molar-refractivity contribution in [1.29, 1.82) is 0 Å². The Morgan fingerprint density at radius 1 is 0.964 bits per heavy atom. The first-order valence-corrected chi connectivity index (χ1v) is 12.0. The molecular formula is C20H19NO5S2. The number of aryl methyl sites for hydroxylation is 1. The van der Waals surface area contributed by atoms with Crippen LogP contribution >= 0.6 is 0 Å². The third-order valence-electron chi connectivity index (χ3n) is 4.61. The molecule has 28 heavy (non-hydrogen) atoms. The van der Waals surface area contributed by atoms with Crippen molar-refractivity contribution in [2.45, 2.75) is 34.8 Å². The molecule has 0 bridgehead atoms.